The Kier molecular flexibility index (Phi) is 5.37. The molecule has 7 heteroatoms. The van der Waals surface area contributed by atoms with E-state index in [1.807, 2.05) is 6.07 Å². The van der Waals surface area contributed by atoms with E-state index in [2.05, 4.69) is 10.4 Å². The van der Waals surface area contributed by atoms with Gasteiger partial charge in [-0.3, -0.25) is 9.59 Å². The topological polar surface area (TPSA) is 90.3 Å². The zero-order chi connectivity index (χ0) is 20.2. The molecule has 1 saturated carbocycles. The Hall–Kier alpha value is -3.48. The maximum atomic E-state index is 12.8. The molecule has 1 aromatic heterocycles. The van der Waals surface area contributed by atoms with Gasteiger partial charge in [-0.25, -0.2) is 4.79 Å². The number of hydrogen-bond acceptors (Lipinski definition) is 5. The van der Waals surface area contributed by atoms with Gasteiger partial charge in [-0.2, -0.15) is 9.78 Å². The quantitative estimate of drug-likeness (QED) is 0.675. The average molecular weight is 391 g/mol. The Balaban J connectivity index is 1.62. The van der Waals surface area contributed by atoms with Crippen LogP contribution in [0.3, 0.4) is 0 Å². The van der Waals surface area contributed by atoms with E-state index in [0.717, 1.165) is 25.7 Å². The molecule has 7 nitrogen and oxygen atoms in total. The van der Waals surface area contributed by atoms with Crippen LogP contribution in [0.4, 0.5) is 0 Å². The minimum Gasteiger partial charge on any atom is -0.451 e. The summed E-state index contributed by atoms with van der Waals surface area (Å²) >= 11 is 0. The van der Waals surface area contributed by atoms with Crippen LogP contribution in [0.15, 0.2) is 59.4 Å². The molecule has 0 bridgehead atoms. The SMILES string of the molecule is O=C(COC(=O)c1nn(-c2ccccc2)c(=O)c2ccccc12)NC1CCCC1. The fourth-order valence-electron chi connectivity index (χ4n) is 3.62. The number of benzene rings is 2. The lowest BCUT2D eigenvalue weighted by Crippen LogP contribution is -2.36. The zero-order valence-corrected chi connectivity index (χ0v) is 15.8. The molecule has 0 saturated heterocycles. The molecule has 1 heterocycles. The highest BCUT2D eigenvalue weighted by Gasteiger charge is 2.21. The fraction of sp³-hybridized carbons (Fsp3) is 0.273. The molecule has 1 aliphatic rings. The molecule has 3 aromatic rings. The van der Waals surface area contributed by atoms with Crippen molar-refractivity contribution >= 4 is 22.6 Å². The van der Waals surface area contributed by atoms with Gasteiger partial charge < -0.3 is 10.1 Å². The van der Waals surface area contributed by atoms with Crippen LogP contribution in [0, 0.1) is 0 Å². The Bertz CT molecular complexity index is 1100. The van der Waals surface area contributed by atoms with E-state index in [-0.39, 0.29) is 29.8 Å². The second kappa shape index (κ2) is 8.26. The molecular weight excluding hydrogens is 370 g/mol. The number of rotatable bonds is 5. The lowest BCUT2D eigenvalue weighted by molar-refractivity contribution is -0.124. The number of nitrogens with one attached hydrogen (secondary N) is 1. The van der Waals surface area contributed by atoms with E-state index in [1.165, 1.54) is 4.68 Å². The van der Waals surface area contributed by atoms with Gasteiger partial charge >= 0.3 is 5.97 Å². The lowest BCUT2D eigenvalue weighted by atomic mass is 10.1. The van der Waals surface area contributed by atoms with E-state index < -0.39 is 5.97 Å². The van der Waals surface area contributed by atoms with Crippen molar-refractivity contribution in [3.05, 3.63) is 70.6 Å². The van der Waals surface area contributed by atoms with Crippen LogP contribution in [0.2, 0.25) is 0 Å². The van der Waals surface area contributed by atoms with Crippen molar-refractivity contribution in [1.82, 2.24) is 15.1 Å². The predicted molar refractivity (Wildman–Crippen MR) is 108 cm³/mol. The van der Waals surface area contributed by atoms with E-state index in [1.54, 1.807) is 48.5 Å². The third kappa shape index (κ3) is 4.03. The first-order valence-corrected chi connectivity index (χ1v) is 9.67. The molecule has 0 unspecified atom stereocenters. The third-order valence-corrected chi connectivity index (χ3v) is 5.05. The van der Waals surface area contributed by atoms with Crippen molar-refractivity contribution in [1.29, 1.82) is 0 Å². The van der Waals surface area contributed by atoms with Gasteiger partial charge in [0.1, 0.15) is 0 Å². The van der Waals surface area contributed by atoms with Crippen LogP contribution < -0.4 is 10.9 Å². The fourth-order valence-corrected chi connectivity index (χ4v) is 3.62. The largest absolute Gasteiger partial charge is 0.451 e. The van der Waals surface area contributed by atoms with Crippen LogP contribution >= 0.6 is 0 Å². The Labute approximate surface area is 167 Å². The monoisotopic (exact) mass is 391 g/mol. The van der Waals surface area contributed by atoms with Gasteiger partial charge in [0.15, 0.2) is 12.3 Å². The van der Waals surface area contributed by atoms with Crippen LogP contribution in [-0.4, -0.2) is 34.3 Å². The number of hydrogen-bond donors (Lipinski definition) is 1. The van der Waals surface area contributed by atoms with Crippen molar-refractivity contribution in [2.24, 2.45) is 0 Å². The predicted octanol–water partition coefficient (Wildman–Crippen LogP) is 2.60. The van der Waals surface area contributed by atoms with Gasteiger partial charge in [-0.05, 0) is 31.0 Å². The summed E-state index contributed by atoms with van der Waals surface area (Å²) < 4.78 is 6.39. The van der Waals surface area contributed by atoms with Crippen LogP contribution in [0.25, 0.3) is 16.5 Å². The molecule has 148 valence electrons. The Morgan fingerprint density at radius 3 is 2.38 bits per heavy atom. The van der Waals surface area contributed by atoms with Gasteiger partial charge in [0.25, 0.3) is 11.5 Å². The average Bonchev–Trinajstić information content (AvgIpc) is 3.26. The third-order valence-electron chi connectivity index (χ3n) is 5.05. The van der Waals surface area contributed by atoms with E-state index >= 15 is 0 Å². The molecule has 0 spiro atoms. The minimum atomic E-state index is -0.743. The van der Waals surface area contributed by atoms with E-state index in [9.17, 15) is 14.4 Å². The molecule has 1 fully saturated rings. The van der Waals surface area contributed by atoms with Gasteiger partial charge in [-0.15, -0.1) is 0 Å². The highest BCUT2D eigenvalue weighted by atomic mass is 16.5. The normalized spacial score (nSPS) is 14.1. The maximum absolute atomic E-state index is 12.8. The molecule has 0 radical (unpaired) electrons. The second-order valence-corrected chi connectivity index (χ2v) is 7.07. The Morgan fingerprint density at radius 1 is 1.00 bits per heavy atom. The molecular formula is C22H21N3O4. The van der Waals surface area contributed by atoms with Gasteiger partial charge in [-0.1, -0.05) is 49.2 Å². The zero-order valence-electron chi connectivity index (χ0n) is 15.8. The molecule has 29 heavy (non-hydrogen) atoms. The summed E-state index contributed by atoms with van der Waals surface area (Å²) in [6.07, 6.45) is 4.10. The molecule has 0 atom stereocenters. The maximum Gasteiger partial charge on any atom is 0.359 e. The first-order chi connectivity index (χ1) is 14.1. The van der Waals surface area contributed by atoms with Crippen molar-refractivity contribution < 1.29 is 14.3 Å². The summed E-state index contributed by atoms with van der Waals surface area (Å²) in [6.45, 7) is -0.379. The minimum absolute atomic E-state index is 0.00211. The highest BCUT2D eigenvalue weighted by molar-refractivity contribution is 6.02. The summed E-state index contributed by atoms with van der Waals surface area (Å²) in [5.74, 6) is -1.07. The van der Waals surface area contributed by atoms with E-state index in [0.29, 0.717) is 16.5 Å². The van der Waals surface area contributed by atoms with Crippen molar-refractivity contribution in [3.8, 4) is 5.69 Å². The number of nitrogens with zero attached hydrogens (tertiary/aromatic N) is 2. The molecule has 4 rings (SSSR count). The van der Waals surface area contributed by atoms with Crippen molar-refractivity contribution in [3.63, 3.8) is 0 Å². The first-order valence-electron chi connectivity index (χ1n) is 9.67. The summed E-state index contributed by atoms with van der Waals surface area (Å²) in [5.41, 5.74) is 0.205. The number of aromatic nitrogens is 2. The van der Waals surface area contributed by atoms with Gasteiger partial charge in [0, 0.05) is 11.4 Å². The summed E-state index contributed by atoms with van der Waals surface area (Å²) in [5, 5.41) is 7.88. The Morgan fingerprint density at radius 2 is 1.66 bits per heavy atom. The van der Waals surface area contributed by atoms with Crippen molar-refractivity contribution in [2.45, 2.75) is 31.7 Å². The molecule has 1 N–H and O–H groups in total. The first kappa shape index (κ1) is 18.9. The number of carbonyl (C=O) groups is 2. The second-order valence-electron chi connectivity index (χ2n) is 7.07. The summed E-state index contributed by atoms with van der Waals surface area (Å²) in [4.78, 5) is 37.6. The molecule has 1 aliphatic carbocycles. The van der Waals surface area contributed by atoms with Gasteiger partial charge in [0.2, 0.25) is 0 Å². The standard InChI is InChI=1S/C22H21N3O4/c26-19(23-15-8-4-5-9-15)14-29-22(28)20-17-12-6-7-13-18(17)21(27)25(24-20)16-10-2-1-3-11-16/h1-3,6-7,10-13,15H,4-5,8-9,14H2,(H,23,26). The molecule has 0 aliphatic heterocycles. The number of esters is 1. The van der Waals surface area contributed by atoms with Crippen molar-refractivity contribution in [2.75, 3.05) is 6.61 Å². The number of fused-ring (bicyclic) bond motifs is 1. The van der Waals surface area contributed by atoms with Gasteiger partial charge in [0.05, 0.1) is 11.1 Å². The molecule has 1 amide bonds. The lowest BCUT2D eigenvalue weighted by Gasteiger charge is -2.13. The van der Waals surface area contributed by atoms with Crippen LogP contribution in [-0.2, 0) is 9.53 Å². The summed E-state index contributed by atoms with van der Waals surface area (Å²) in [6, 6.07) is 15.7. The number of ether oxygens (including phenoxy) is 1. The van der Waals surface area contributed by atoms with Crippen LogP contribution in [0.1, 0.15) is 36.2 Å². The number of para-hydroxylation sites is 1. The van der Waals surface area contributed by atoms with E-state index in [4.69, 9.17) is 4.74 Å². The van der Waals surface area contributed by atoms with Crippen LogP contribution in [0.5, 0.6) is 0 Å². The summed E-state index contributed by atoms with van der Waals surface area (Å²) in [7, 11) is 0. The number of amides is 1. The smallest absolute Gasteiger partial charge is 0.359 e. The highest BCUT2D eigenvalue weighted by Crippen LogP contribution is 2.18. The molecule has 2 aromatic carbocycles. The number of carbonyl (C=O) groups excluding carboxylic acids is 2.